The molecular formula is C33H45N7O4Si. The van der Waals surface area contributed by atoms with Gasteiger partial charge in [0.2, 0.25) is 0 Å². The lowest BCUT2D eigenvalue weighted by Gasteiger charge is -2.36. The molecule has 1 fully saturated rings. The van der Waals surface area contributed by atoms with Crippen LogP contribution in [0.5, 0.6) is 0 Å². The van der Waals surface area contributed by atoms with Gasteiger partial charge in [0, 0.05) is 65.1 Å². The molecule has 0 atom stereocenters. The number of hydrogen-bond acceptors (Lipinski definition) is 8. The van der Waals surface area contributed by atoms with Crippen LogP contribution in [-0.4, -0.2) is 76.6 Å². The number of fused-ring (bicyclic) bond motifs is 1. The number of rotatable bonds is 9. The van der Waals surface area contributed by atoms with Crippen LogP contribution in [0.2, 0.25) is 25.7 Å². The molecule has 0 radical (unpaired) electrons. The fourth-order valence-corrected chi connectivity index (χ4v) is 6.00. The minimum Gasteiger partial charge on any atom is -0.444 e. The fourth-order valence-electron chi connectivity index (χ4n) is 5.24. The number of aryl methyl sites for hydroxylation is 1. The van der Waals surface area contributed by atoms with Gasteiger partial charge in [-0.15, -0.1) is 0 Å². The molecule has 1 aromatic carbocycles. The predicted molar refractivity (Wildman–Crippen MR) is 182 cm³/mol. The van der Waals surface area contributed by atoms with Crippen LogP contribution < -0.4 is 15.8 Å². The third-order valence-electron chi connectivity index (χ3n) is 7.77. The molecule has 45 heavy (non-hydrogen) atoms. The number of benzene rings is 1. The van der Waals surface area contributed by atoms with Gasteiger partial charge in [0.1, 0.15) is 18.1 Å². The standard InChI is InChI=1S/C33H45N7O4Si/c1-33(2,3)44-32(42)39-16-14-38(15-17-39)24-8-11-29(35-20-24)36-27-10-9-25(28-21-34-22-37(28)4)26-12-13-40(31(41)30(26)27)23-43-18-19-45(5,6)7/h8-13,20-22H,14-19,23H2,1-7H3,(H,35,36). The third kappa shape index (κ3) is 7.92. The van der Waals surface area contributed by atoms with Crippen LogP contribution in [0.4, 0.5) is 22.0 Å². The van der Waals surface area contributed by atoms with Gasteiger partial charge in [-0.1, -0.05) is 25.7 Å². The number of ether oxygens (including phenoxy) is 2. The van der Waals surface area contributed by atoms with Gasteiger partial charge in [0.05, 0.1) is 41.2 Å². The number of piperazine rings is 1. The summed E-state index contributed by atoms with van der Waals surface area (Å²) >= 11 is 0. The van der Waals surface area contributed by atoms with Crippen molar-refractivity contribution in [1.82, 2.24) is 24.0 Å². The lowest BCUT2D eigenvalue weighted by molar-refractivity contribution is 0.0240. The molecule has 0 saturated carbocycles. The zero-order valence-corrected chi connectivity index (χ0v) is 28.5. The van der Waals surface area contributed by atoms with E-state index in [-0.39, 0.29) is 18.4 Å². The minimum atomic E-state index is -1.24. The average molecular weight is 632 g/mol. The van der Waals surface area contributed by atoms with E-state index in [4.69, 9.17) is 9.47 Å². The smallest absolute Gasteiger partial charge is 0.410 e. The number of amides is 1. The van der Waals surface area contributed by atoms with Crippen LogP contribution in [0.15, 0.2) is 60.0 Å². The highest BCUT2D eigenvalue weighted by atomic mass is 28.3. The molecule has 5 rings (SSSR count). The summed E-state index contributed by atoms with van der Waals surface area (Å²) in [7, 11) is 0.700. The largest absolute Gasteiger partial charge is 0.444 e. The Labute approximate surface area is 265 Å². The van der Waals surface area contributed by atoms with E-state index in [1.807, 2.05) is 68.9 Å². The first kappa shape index (κ1) is 32.2. The van der Waals surface area contributed by atoms with Gasteiger partial charge >= 0.3 is 6.09 Å². The number of nitrogens with zero attached hydrogens (tertiary/aromatic N) is 6. The number of aromatic nitrogens is 4. The van der Waals surface area contributed by atoms with Crippen molar-refractivity contribution in [2.75, 3.05) is 43.0 Å². The van der Waals surface area contributed by atoms with Gasteiger partial charge in [-0.3, -0.25) is 9.36 Å². The maximum atomic E-state index is 13.9. The SMILES string of the molecule is Cn1cncc1-c1ccc(Nc2ccc(N3CCN(C(=O)OC(C)(C)C)CC3)cn2)c2c(=O)n(COCC[Si](C)(C)C)ccc12. The van der Waals surface area contributed by atoms with Crippen molar-refractivity contribution in [3.05, 3.63) is 65.6 Å². The van der Waals surface area contributed by atoms with Crippen LogP contribution in [-0.2, 0) is 23.3 Å². The maximum absolute atomic E-state index is 13.9. The Kier molecular flexibility index (Phi) is 9.35. The Morgan fingerprint density at radius 3 is 2.40 bits per heavy atom. The summed E-state index contributed by atoms with van der Waals surface area (Å²) in [6.45, 7) is 15.9. The van der Waals surface area contributed by atoms with Crippen molar-refractivity contribution in [3.63, 3.8) is 0 Å². The molecular weight excluding hydrogens is 586 g/mol. The van der Waals surface area contributed by atoms with E-state index >= 15 is 0 Å². The summed E-state index contributed by atoms with van der Waals surface area (Å²) in [6, 6.07) is 10.9. The molecule has 12 heteroatoms. The molecule has 1 N–H and O–H groups in total. The molecule has 3 aromatic heterocycles. The molecule has 4 aromatic rings. The Morgan fingerprint density at radius 1 is 1.02 bits per heavy atom. The number of pyridine rings is 2. The van der Waals surface area contributed by atoms with E-state index in [0.717, 1.165) is 28.4 Å². The number of hydrogen-bond donors (Lipinski definition) is 1. The van der Waals surface area contributed by atoms with Crippen LogP contribution >= 0.6 is 0 Å². The summed E-state index contributed by atoms with van der Waals surface area (Å²) < 4.78 is 15.0. The molecule has 4 heterocycles. The Hall–Kier alpha value is -4.16. The van der Waals surface area contributed by atoms with Gasteiger partial charge in [0.15, 0.2) is 0 Å². The van der Waals surface area contributed by atoms with Crippen molar-refractivity contribution in [3.8, 4) is 11.3 Å². The zero-order valence-electron chi connectivity index (χ0n) is 27.5. The monoisotopic (exact) mass is 631 g/mol. The predicted octanol–water partition coefficient (Wildman–Crippen LogP) is 5.91. The van der Waals surface area contributed by atoms with E-state index in [1.165, 1.54) is 0 Å². The second kappa shape index (κ2) is 13.1. The number of carbonyl (C=O) groups excluding carboxylic acids is 1. The second-order valence-corrected chi connectivity index (χ2v) is 19.4. The first-order valence-corrected chi connectivity index (χ1v) is 19.2. The summed E-state index contributed by atoms with van der Waals surface area (Å²) in [6.07, 6.45) is 6.91. The molecule has 1 aliphatic rings. The summed E-state index contributed by atoms with van der Waals surface area (Å²) in [5, 5.41) is 4.78. The average Bonchev–Trinajstić information content (AvgIpc) is 3.41. The molecule has 0 unspecified atom stereocenters. The molecule has 0 spiro atoms. The van der Waals surface area contributed by atoms with Crippen LogP contribution in [0.25, 0.3) is 22.0 Å². The van der Waals surface area contributed by atoms with E-state index in [0.29, 0.717) is 49.7 Å². The summed E-state index contributed by atoms with van der Waals surface area (Å²) in [5.41, 5.74) is 2.84. The Morgan fingerprint density at radius 2 is 1.78 bits per heavy atom. The highest BCUT2D eigenvalue weighted by molar-refractivity contribution is 6.76. The third-order valence-corrected chi connectivity index (χ3v) is 9.47. The number of nitrogens with one attached hydrogen (secondary N) is 1. The van der Waals surface area contributed by atoms with Gasteiger partial charge in [-0.05, 0) is 51.1 Å². The Bertz CT molecular complexity index is 1700. The van der Waals surface area contributed by atoms with Gasteiger partial charge in [-0.2, -0.15) is 0 Å². The first-order chi connectivity index (χ1) is 21.3. The molecule has 0 bridgehead atoms. The van der Waals surface area contributed by atoms with Crippen LogP contribution in [0.1, 0.15) is 20.8 Å². The lowest BCUT2D eigenvalue weighted by atomic mass is 10.0. The van der Waals surface area contributed by atoms with Crippen LogP contribution in [0.3, 0.4) is 0 Å². The van der Waals surface area contributed by atoms with E-state index < -0.39 is 13.7 Å². The fraction of sp³-hybridized carbons (Fsp3) is 0.455. The topological polar surface area (TPSA) is 107 Å². The number of imidazole rings is 1. The van der Waals surface area contributed by atoms with Crippen molar-refractivity contribution in [2.24, 2.45) is 7.05 Å². The van der Waals surface area contributed by atoms with Crippen molar-refractivity contribution < 1.29 is 14.3 Å². The van der Waals surface area contributed by atoms with Crippen molar-refractivity contribution in [2.45, 2.75) is 58.8 Å². The maximum Gasteiger partial charge on any atom is 0.410 e. The highest BCUT2D eigenvalue weighted by Crippen LogP contribution is 2.33. The zero-order chi connectivity index (χ0) is 32.4. The Balaban J connectivity index is 1.36. The molecule has 240 valence electrons. The van der Waals surface area contributed by atoms with Gasteiger partial charge in [0.25, 0.3) is 5.56 Å². The van der Waals surface area contributed by atoms with Gasteiger partial charge < -0.3 is 29.2 Å². The summed E-state index contributed by atoms with van der Waals surface area (Å²) in [4.78, 5) is 39.3. The molecule has 1 amide bonds. The van der Waals surface area contributed by atoms with E-state index in [9.17, 15) is 9.59 Å². The molecule has 1 aliphatic heterocycles. The molecule has 0 aliphatic carbocycles. The first-order valence-electron chi connectivity index (χ1n) is 15.5. The summed E-state index contributed by atoms with van der Waals surface area (Å²) in [5.74, 6) is 0.627. The quantitative estimate of drug-likeness (QED) is 0.180. The number of carbonyl (C=O) groups is 1. The van der Waals surface area contributed by atoms with E-state index in [2.05, 4.69) is 39.8 Å². The van der Waals surface area contributed by atoms with Crippen LogP contribution in [0, 0.1) is 0 Å². The lowest BCUT2D eigenvalue weighted by Crippen LogP contribution is -2.50. The van der Waals surface area contributed by atoms with E-state index in [1.54, 1.807) is 28.2 Å². The number of anilines is 3. The van der Waals surface area contributed by atoms with Crippen molar-refractivity contribution >= 4 is 42.1 Å². The molecule has 11 nitrogen and oxygen atoms in total. The second-order valence-electron chi connectivity index (χ2n) is 13.8. The highest BCUT2D eigenvalue weighted by Gasteiger charge is 2.26. The minimum absolute atomic E-state index is 0.133. The van der Waals surface area contributed by atoms with Crippen molar-refractivity contribution in [1.29, 1.82) is 0 Å². The molecule has 1 saturated heterocycles. The van der Waals surface area contributed by atoms with Gasteiger partial charge in [-0.25, -0.2) is 14.8 Å². The normalized spacial score (nSPS) is 14.2.